The molecule has 0 saturated heterocycles. The third-order valence-electron chi connectivity index (χ3n) is 4.96. The standard InChI is InChI=1S/2C16H14S2.H2S/c2*1-3-17-15-9-5-13(6-10-15)14-7-11-16(12-8-14)18-4-2;/h2*3-12H,1-2H2;1H2. The van der Waals surface area contributed by atoms with Gasteiger partial charge in [0, 0.05) is 19.6 Å². The van der Waals surface area contributed by atoms with Gasteiger partial charge in [-0.25, -0.2) is 0 Å². The number of rotatable bonds is 10. The van der Waals surface area contributed by atoms with Crippen molar-refractivity contribution in [3.05, 3.63) is 145 Å². The Morgan fingerprint density at radius 2 is 0.486 bits per heavy atom. The van der Waals surface area contributed by atoms with Crippen molar-refractivity contribution in [1.29, 1.82) is 0 Å². The first-order valence-corrected chi connectivity index (χ1v) is 14.7. The molecule has 0 bridgehead atoms. The fourth-order valence-corrected chi connectivity index (χ4v) is 5.23. The lowest BCUT2D eigenvalue weighted by Gasteiger charge is -2.04. The highest BCUT2D eigenvalue weighted by atomic mass is 32.2. The van der Waals surface area contributed by atoms with Crippen molar-refractivity contribution in [2.45, 2.75) is 19.6 Å². The SMILES string of the molecule is C=CSc1ccc(-c2ccc(SC=C)cc2)cc1.C=CSc1ccc(-c2ccc(SC=C)cc2)cc1.S. The lowest BCUT2D eigenvalue weighted by atomic mass is 10.1. The van der Waals surface area contributed by atoms with Crippen LogP contribution in [-0.4, -0.2) is 0 Å². The van der Waals surface area contributed by atoms with E-state index in [0.29, 0.717) is 0 Å². The molecular formula is C32H30S5. The quantitative estimate of drug-likeness (QED) is 0.173. The first kappa shape index (κ1) is 30.8. The van der Waals surface area contributed by atoms with Crippen LogP contribution in [0.1, 0.15) is 0 Å². The number of thioether (sulfide) groups is 4. The monoisotopic (exact) mass is 574 g/mol. The van der Waals surface area contributed by atoms with E-state index >= 15 is 0 Å². The molecule has 188 valence electrons. The Labute approximate surface area is 245 Å². The molecule has 0 radical (unpaired) electrons. The van der Waals surface area contributed by atoms with Crippen LogP contribution < -0.4 is 0 Å². The Kier molecular flexibility index (Phi) is 14.3. The molecule has 0 amide bonds. The van der Waals surface area contributed by atoms with Gasteiger partial charge in [-0.15, -0.1) is 0 Å². The van der Waals surface area contributed by atoms with Crippen molar-refractivity contribution in [2.24, 2.45) is 0 Å². The van der Waals surface area contributed by atoms with Gasteiger partial charge in [0.05, 0.1) is 0 Å². The van der Waals surface area contributed by atoms with Crippen LogP contribution in [0.25, 0.3) is 22.3 Å². The topological polar surface area (TPSA) is 0 Å². The average Bonchev–Trinajstić information content (AvgIpc) is 2.92. The van der Waals surface area contributed by atoms with Crippen LogP contribution in [0, 0.1) is 0 Å². The summed E-state index contributed by atoms with van der Waals surface area (Å²) in [5.74, 6) is 0. The second kappa shape index (κ2) is 17.2. The third kappa shape index (κ3) is 10.1. The Bertz CT molecular complexity index is 1050. The number of benzene rings is 4. The summed E-state index contributed by atoms with van der Waals surface area (Å²) >= 11 is 6.55. The lowest BCUT2D eigenvalue weighted by molar-refractivity contribution is 1.43. The zero-order valence-corrected chi connectivity index (χ0v) is 24.8. The highest BCUT2D eigenvalue weighted by Gasteiger charge is 2.00. The molecule has 0 aliphatic rings. The normalized spacial score (nSPS) is 9.73. The molecule has 0 unspecified atom stereocenters. The maximum atomic E-state index is 3.72. The summed E-state index contributed by atoms with van der Waals surface area (Å²) in [6.07, 6.45) is 0. The molecule has 5 heteroatoms. The summed E-state index contributed by atoms with van der Waals surface area (Å²) in [6, 6.07) is 34.1. The molecule has 0 fully saturated rings. The highest BCUT2D eigenvalue weighted by Crippen LogP contribution is 2.28. The number of hydrogen-bond donors (Lipinski definition) is 0. The Balaban J connectivity index is 0.000000253. The van der Waals surface area contributed by atoms with Crippen molar-refractivity contribution in [2.75, 3.05) is 0 Å². The van der Waals surface area contributed by atoms with Gasteiger partial charge >= 0.3 is 0 Å². The predicted molar refractivity (Wildman–Crippen MR) is 178 cm³/mol. The molecule has 37 heavy (non-hydrogen) atoms. The summed E-state index contributed by atoms with van der Waals surface area (Å²) < 4.78 is 0. The molecular weight excluding hydrogens is 545 g/mol. The zero-order chi connectivity index (χ0) is 25.6. The van der Waals surface area contributed by atoms with E-state index in [-0.39, 0.29) is 13.5 Å². The molecule has 4 aromatic carbocycles. The van der Waals surface area contributed by atoms with Crippen LogP contribution in [0.3, 0.4) is 0 Å². The molecule has 4 aromatic rings. The van der Waals surface area contributed by atoms with Crippen molar-refractivity contribution in [3.63, 3.8) is 0 Å². The summed E-state index contributed by atoms with van der Waals surface area (Å²) in [7, 11) is 0. The van der Waals surface area contributed by atoms with Gasteiger partial charge in [0.1, 0.15) is 0 Å². The summed E-state index contributed by atoms with van der Waals surface area (Å²) in [6.45, 7) is 14.9. The van der Waals surface area contributed by atoms with E-state index in [1.54, 1.807) is 47.0 Å². The van der Waals surface area contributed by atoms with Gasteiger partial charge in [-0.3, -0.25) is 0 Å². The van der Waals surface area contributed by atoms with Crippen LogP contribution in [0.15, 0.2) is 165 Å². The summed E-state index contributed by atoms with van der Waals surface area (Å²) in [5.41, 5.74) is 4.94. The van der Waals surface area contributed by atoms with Gasteiger partial charge in [0.2, 0.25) is 0 Å². The van der Waals surface area contributed by atoms with E-state index in [1.807, 2.05) is 21.6 Å². The maximum absolute atomic E-state index is 3.72. The molecule has 4 rings (SSSR count). The van der Waals surface area contributed by atoms with Crippen LogP contribution in [0.2, 0.25) is 0 Å². The molecule has 0 heterocycles. The van der Waals surface area contributed by atoms with Crippen LogP contribution in [0.5, 0.6) is 0 Å². The molecule has 0 N–H and O–H groups in total. The van der Waals surface area contributed by atoms with Gasteiger partial charge in [0.25, 0.3) is 0 Å². The predicted octanol–water partition coefficient (Wildman–Crippen LogP) is 11.8. The van der Waals surface area contributed by atoms with Crippen LogP contribution in [0.4, 0.5) is 0 Å². The minimum Gasteiger partial charge on any atom is -0.197 e. The van der Waals surface area contributed by atoms with Gasteiger partial charge in [-0.1, -0.05) is 122 Å². The zero-order valence-electron chi connectivity index (χ0n) is 20.5. The Morgan fingerprint density at radius 3 is 0.622 bits per heavy atom. The largest absolute Gasteiger partial charge is 0.197 e. The molecule has 0 aliphatic heterocycles. The van der Waals surface area contributed by atoms with E-state index in [4.69, 9.17) is 0 Å². The van der Waals surface area contributed by atoms with E-state index in [1.165, 1.54) is 41.8 Å². The molecule has 0 atom stereocenters. The minimum absolute atomic E-state index is 0. The summed E-state index contributed by atoms with van der Waals surface area (Å²) in [5, 5.41) is 7.37. The maximum Gasteiger partial charge on any atom is 0.0116 e. The molecule has 0 spiro atoms. The minimum atomic E-state index is 0. The van der Waals surface area contributed by atoms with E-state index < -0.39 is 0 Å². The molecule has 0 aliphatic carbocycles. The second-order valence-corrected chi connectivity index (χ2v) is 11.4. The third-order valence-corrected chi connectivity index (χ3v) is 7.81. The molecule has 0 aromatic heterocycles. The lowest BCUT2D eigenvalue weighted by Crippen LogP contribution is -1.78. The van der Waals surface area contributed by atoms with Gasteiger partial charge in [-0.05, 0) is 92.4 Å². The summed E-state index contributed by atoms with van der Waals surface area (Å²) in [4.78, 5) is 4.86. The first-order chi connectivity index (χ1) is 17.7. The van der Waals surface area contributed by atoms with Gasteiger partial charge < -0.3 is 0 Å². The van der Waals surface area contributed by atoms with Crippen LogP contribution >= 0.6 is 60.5 Å². The van der Waals surface area contributed by atoms with Crippen LogP contribution in [-0.2, 0) is 0 Å². The number of hydrogen-bond acceptors (Lipinski definition) is 4. The molecule has 0 nitrogen and oxygen atoms in total. The fourth-order valence-electron chi connectivity index (χ4n) is 3.29. The first-order valence-electron chi connectivity index (χ1n) is 11.2. The van der Waals surface area contributed by atoms with Crippen molar-refractivity contribution in [1.82, 2.24) is 0 Å². The molecule has 0 saturated carbocycles. The van der Waals surface area contributed by atoms with Crippen molar-refractivity contribution >= 4 is 60.5 Å². The highest BCUT2D eigenvalue weighted by molar-refractivity contribution is 8.02. The second-order valence-electron chi connectivity index (χ2n) is 7.24. The van der Waals surface area contributed by atoms with Gasteiger partial charge in [-0.2, -0.15) is 13.5 Å². The Morgan fingerprint density at radius 1 is 0.324 bits per heavy atom. The van der Waals surface area contributed by atoms with Crippen molar-refractivity contribution in [3.8, 4) is 22.3 Å². The van der Waals surface area contributed by atoms with Crippen molar-refractivity contribution < 1.29 is 0 Å². The van der Waals surface area contributed by atoms with E-state index in [2.05, 4.69) is 123 Å². The van der Waals surface area contributed by atoms with Gasteiger partial charge in [0.15, 0.2) is 0 Å². The van der Waals surface area contributed by atoms with E-state index in [9.17, 15) is 0 Å². The fraction of sp³-hybridized carbons (Fsp3) is 0. The average molecular weight is 575 g/mol. The Hall–Kier alpha value is -2.41. The van der Waals surface area contributed by atoms with E-state index in [0.717, 1.165) is 0 Å². The smallest absolute Gasteiger partial charge is 0.0116 e.